The number of ketones is 1. The molecule has 1 heterocycles. The predicted molar refractivity (Wildman–Crippen MR) is 74.5 cm³/mol. The second-order valence-electron chi connectivity index (χ2n) is 5.05. The molecule has 0 spiro atoms. The number of aryl methyl sites for hydroxylation is 1. The molecule has 2 heteroatoms. The molecular formula is C17H16O2. The van der Waals surface area contributed by atoms with Gasteiger partial charge in [0.1, 0.15) is 5.75 Å². The maximum Gasteiger partial charge on any atom is 0.177 e. The number of hydrogen-bond acceptors (Lipinski definition) is 2. The third kappa shape index (κ3) is 2.53. The molecule has 0 aromatic heterocycles. The predicted octanol–water partition coefficient (Wildman–Crippen LogP) is 3.11. The molecule has 0 N–H and O–H groups in total. The Balaban J connectivity index is 1.68. The van der Waals surface area contributed by atoms with E-state index in [1.54, 1.807) is 0 Å². The van der Waals surface area contributed by atoms with Gasteiger partial charge >= 0.3 is 0 Å². The van der Waals surface area contributed by atoms with Gasteiger partial charge in [-0.05, 0) is 24.1 Å². The summed E-state index contributed by atoms with van der Waals surface area (Å²) in [6, 6.07) is 16.0. The minimum absolute atomic E-state index is 0.153. The molecule has 2 aromatic rings. The van der Waals surface area contributed by atoms with E-state index in [-0.39, 0.29) is 11.9 Å². The van der Waals surface area contributed by atoms with E-state index in [1.165, 1.54) is 5.56 Å². The number of hydrogen-bond donors (Lipinski definition) is 0. The van der Waals surface area contributed by atoms with Gasteiger partial charge in [0.2, 0.25) is 0 Å². The first-order valence-corrected chi connectivity index (χ1v) is 6.55. The van der Waals surface area contributed by atoms with Gasteiger partial charge in [-0.3, -0.25) is 4.79 Å². The van der Waals surface area contributed by atoms with Crippen LogP contribution in [0.25, 0.3) is 0 Å². The largest absolute Gasteiger partial charge is 0.482 e. The van der Waals surface area contributed by atoms with Crippen LogP contribution in [-0.2, 0) is 17.6 Å². The first-order chi connectivity index (χ1) is 9.22. The number of rotatable bonds is 3. The monoisotopic (exact) mass is 252 g/mol. The highest BCUT2D eigenvalue weighted by molar-refractivity contribution is 5.86. The SMILES string of the molecule is Cc1ccc(CC(=O)C2Cc3ccccc3O2)cc1. The number of fused-ring (bicyclic) bond motifs is 1. The van der Waals surface area contributed by atoms with Crippen molar-refractivity contribution in [3.8, 4) is 5.75 Å². The van der Waals surface area contributed by atoms with Crippen molar-refractivity contribution < 1.29 is 9.53 Å². The fourth-order valence-electron chi connectivity index (χ4n) is 2.38. The van der Waals surface area contributed by atoms with Gasteiger partial charge in [-0.2, -0.15) is 0 Å². The quantitative estimate of drug-likeness (QED) is 0.839. The first-order valence-electron chi connectivity index (χ1n) is 6.55. The van der Waals surface area contributed by atoms with Crippen molar-refractivity contribution in [1.82, 2.24) is 0 Å². The van der Waals surface area contributed by atoms with E-state index >= 15 is 0 Å². The van der Waals surface area contributed by atoms with Crippen molar-refractivity contribution in [2.24, 2.45) is 0 Å². The maximum atomic E-state index is 12.2. The Bertz CT molecular complexity index is 574. The Morgan fingerprint density at radius 3 is 2.63 bits per heavy atom. The zero-order chi connectivity index (χ0) is 13.2. The summed E-state index contributed by atoms with van der Waals surface area (Å²) < 4.78 is 5.72. The van der Waals surface area contributed by atoms with Gasteiger partial charge in [0.25, 0.3) is 0 Å². The van der Waals surface area contributed by atoms with Crippen LogP contribution in [0.4, 0.5) is 0 Å². The molecule has 0 radical (unpaired) electrons. The molecule has 1 unspecified atom stereocenters. The summed E-state index contributed by atoms with van der Waals surface area (Å²) in [5.74, 6) is 1.00. The summed E-state index contributed by atoms with van der Waals surface area (Å²) in [6.07, 6.45) is 0.818. The average molecular weight is 252 g/mol. The van der Waals surface area contributed by atoms with Crippen LogP contribution in [0.3, 0.4) is 0 Å². The zero-order valence-corrected chi connectivity index (χ0v) is 10.9. The third-order valence-corrected chi connectivity index (χ3v) is 3.51. The Morgan fingerprint density at radius 1 is 1.16 bits per heavy atom. The van der Waals surface area contributed by atoms with Crippen LogP contribution < -0.4 is 4.74 Å². The van der Waals surface area contributed by atoms with Gasteiger partial charge in [-0.15, -0.1) is 0 Å². The van der Waals surface area contributed by atoms with Crippen LogP contribution in [0.15, 0.2) is 48.5 Å². The molecule has 19 heavy (non-hydrogen) atoms. The highest BCUT2D eigenvalue weighted by Gasteiger charge is 2.28. The summed E-state index contributed by atoms with van der Waals surface area (Å²) in [5, 5.41) is 0. The summed E-state index contributed by atoms with van der Waals surface area (Å²) in [5.41, 5.74) is 3.39. The van der Waals surface area contributed by atoms with Gasteiger partial charge in [-0.25, -0.2) is 0 Å². The molecular weight excluding hydrogens is 236 g/mol. The number of benzene rings is 2. The minimum atomic E-state index is -0.321. The van der Waals surface area contributed by atoms with Crippen molar-refractivity contribution >= 4 is 5.78 Å². The highest BCUT2D eigenvalue weighted by Crippen LogP contribution is 2.28. The van der Waals surface area contributed by atoms with Crippen LogP contribution in [-0.4, -0.2) is 11.9 Å². The topological polar surface area (TPSA) is 26.3 Å². The summed E-state index contributed by atoms with van der Waals surface area (Å²) >= 11 is 0. The molecule has 0 fully saturated rings. The van der Waals surface area contributed by atoms with Crippen molar-refractivity contribution in [3.63, 3.8) is 0 Å². The molecule has 0 saturated carbocycles. The van der Waals surface area contributed by atoms with E-state index in [0.717, 1.165) is 16.9 Å². The van der Waals surface area contributed by atoms with E-state index in [1.807, 2.05) is 55.5 Å². The lowest BCUT2D eigenvalue weighted by Crippen LogP contribution is -2.26. The molecule has 96 valence electrons. The molecule has 0 amide bonds. The van der Waals surface area contributed by atoms with E-state index in [4.69, 9.17) is 4.74 Å². The average Bonchev–Trinajstić information content (AvgIpc) is 2.85. The number of para-hydroxylation sites is 1. The molecule has 1 aliphatic heterocycles. The Hall–Kier alpha value is -2.09. The van der Waals surface area contributed by atoms with E-state index < -0.39 is 0 Å². The van der Waals surface area contributed by atoms with E-state index in [0.29, 0.717) is 12.8 Å². The molecule has 3 rings (SSSR count). The second kappa shape index (κ2) is 4.88. The van der Waals surface area contributed by atoms with Crippen molar-refractivity contribution in [3.05, 3.63) is 65.2 Å². The van der Waals surface area contributed by atoms with Gasteiger partial charge in [0.15, 0.2) is 11.9 Å². The van der Waals surface area contributed by atoms with Crippen LogP contribution in [0.1, 0.15) is 16.7 Å². The van der Waals surface area contributed by atoms with E-state index in [2.05, 4.69) is 0 Å². The van der Waals surface area contributed by atoms with Gasteiger partial charge in [0, 0.05) is 12.8 Å². The molecule has 0 aliphatic carbocycles. The van der Waals surface area contributed by atoms with Crippen LogP contribution in [0.5, 0.6) is 5.75 Å². The number of ether oxygens (including phenoxy) is 1. The molecule has 2 aromatic carbocycles. The smallest absolute Gasteiger partial charge is 0.177 e. The molecule has 0 bridgehead atoms. The van der Waals surface area contributed by atoms with Crippen LogP contribution >= 0.6 is 0 Å². The normalized spacial score (nSPS) is 16.8. The lowest BCUT2D eigenvalue weighted by Gasteiger charge is -2.09. The first kappa shape index (κ1) is 12.0. The molecule has 0 saturated heterocycles. The molecule has 2 nitrogen and oxygen atoms in total. The number of carbonyl (C=O) groups excluding carboxylic acids is 1. The van der Waals surface area contributed by atoms with Crippen LogP contribution in [0.2, 0.25) is 0 Å². The Labute approximate surface area is 113 Å². The summed E-state index contributed by atoms with van der Waals surface area (Å²) in [7, 11) is 0. The van der Waals surface area contributed by atoms with Gasteiger partial charge < -0.3 is 4.74 Å². The summed E-state index contributed by atoms with van der Waals surface area (Å²) in [4.78, 5) is 12.2. The van der Waals surface area contributed by atoms with Gasteiger partial charge in [-0.1, -0.05) is 48.0 Å². The van der Waals surface area contributed by atoms with Crippen molar-refractivity contribution in [2.45, 2.75) is 25.9 Å². The zero-order valence-electron chi connectivity index (χ0n) is 10.9. The fraction of sp³-hybridized carbons (Fsp3) is 0.235. The Morgan fingerprint density at radius 2 is 1.89 bits per heavy atom. The highest BCUT2D eigenvalue weighted by atomic mass is 16.5. The molecule has 1 atom stereocenters. The number of carbonyl (C=O) groups is 1. The lowest BCUT2D eigenvalue weighted by molar-refractivity contribution is -0.124. The molecule has 1 aliphatic rings. The minimum Gasteiger partial charge on any atom is -0.482 e. The van der Waals surface area contributed by atoms with Crippen LogP contribution in [0, 0.1) is 6.92 Å². The summed E-state index contributed by atoms with van der Waals surface area (Å²) in [6.45, 7) is 2.04. The number of Topliss-reactive ketones (excluding diaryl/α,β-unsaturated/α-hetero) is 1. The fourth-order valence-corrected chi connectivity index (χ4v) is 2.38. The standard InChI is InChI=1S/C17H16O2/c1-12-6-8-13(9-7-12)10-15(18)17-11-14-4-2-3-5-16(14)19-17/h2-9,17H,10-11H2,1H3. The second-order valence-corrected chi connectivity index (χ2v) is 5.05. The lowest BCUT2D eigenvalue weighted by atomic mass is 10.0. The Kier molecular flexibility index (Phi) is 3.08. The third-order valence-electron chi connectivity index (χ3n) is 3.51. The maximum absolute atomic E-state index is 12.2. The van der Waals surface area contributed by atoms with E-state index in [9.17, 15) is 4.79 Å². The van der Waals surface area contributed by atoms with Gasteiger partial charge in [0.05, 0.1) is 0 Å². The van der Waals surface area contributed by atoms with Crippen molar-refractivity contribution in [2.75, 3.05) is 0 Å². The van der Waals surface area contributed by atoms with Crippen molar-refractivity contribution in [1.29, 1.82) is 0 Å².